The van der Waals surface area contributed by atoms with Gasteiger partial charge in [-0.25, -0.2) is 9.66 Å². The van der Waals surface area contributed by atoms with Crippen LogP contribution in [0.25, 0.3) is 11.3 Å². The summed E-state index contributed by atoms with van der Waals surface area (Å²) in [4.78, 5) is 4.57. The van der Waals surface area contributed by atoms with Gasteiger partial charge < -0.3 is 16.3 Å². The molecule has 3 rings (SSSR count). The Morgan fingerprint density at radius 2 is 1.71 bits per heavy atom. The molecule has 124 valence electrons. The van der Waals surface area contributed by atoms with Crippen molar-refractivity contribution in [1.29, 1.82) is 0 Å². The molecule has 0 spiro atoms. The second-order valence-corrected chi connectivity index (χ2v) is 6.03. The third kappa shape index (κ3) is 3.20. The number of anilines is 1. The van der Waals surface area contributed by atoms with Crippen LogP contribution in [0.2, 0.25) is 0 Å². The lowest BCUT2D eigenvalue weighted by Crippen LogP contribution is -2.16. The monoisotopic (exact) mass is 322 g/mol. The SMILES string of the molecule is CC(C)c1nc(-c2ccc(OCc3ccccc3)cc2)c(N)n1N. The first-order valence-electron chi connectivity index (χ1n) is 7.96. The zero-order valence-corrected chi connectivity index (χ0v) is 13.9. The first kappa shape index (κ1) is 15.9. The molecule has 0 bridgehead atoms. The molecule has 0 aliphatic heterocycles. The van der Waals surface area contributed by atoms with Crippen LogP contribution in [0.15, 0.2) is 54.6 Å². The third-order valence-corrected chi connectivity index (χ3v) is 3.87. The van der Waals surface area contributed by atoms with E-state index in [9.17, 15) is 0 Å². The lowest BCUT2D eigenvalue weighted by atomic mass is 10.1. The van der Waals surface area contributed by atoms with E-state index in [0.717, 1.165) is 22.7 Å². The van der Waals surface area contributed by atoms with E-state index in [2.05, 4.69) is 4.98 Å². The Morgan fingerprint density at radius 3 is 2.29 bits per heavy atom. The van der Waals surface area contributed by atoms with E-state index >= 15 is 0 Å². The minimum Gasteiger partial charge on any atom is -0.489 e. The van der Waals surface area contributed by atoms with Crippen molar-refractivity contribution in [2.24, 2.45) is 0 Å². The lowest BCUT2D eigenvalue weighted by molar-refractivity contribution is 0.306. The smallest absolute Gasteiger partial charge is 0.150 e. The zero-order valence-electron chi connectivity index (χ0n) is 13.9. The van der Waals surface area contributed by atoms with Crippen molar-refractivity contribution >= 4 is 5.82 Å². The molecule has 1 aromatic heterocycles. The van der Waals surface area contributed by atoms with Gasteiger partial charge in [-0.3, -0.25) is 0 Å². The largest absolute Gasteiger partial charge is 0.489 e. The summed E-state index contributed by atoms with van der Waals surface area (Å²) in [5.41, 5.74) is 8.85. The third-order valence-electron chi connectivity index (χ3n) is 3.87. The van der Waals surface area contributed by atoms with Gasteiger partial charge in [0.05, 0.1) is 0 Å². The van der Waals surface area contributed by atoms with Crippen LogP contribution in [0, 0.1) is 0 Å². The van der Waals surface area contributed by atoms with Gasteiger partial charge in [0.2, 0.25) is 0 Å². The summed E-state index contributed by atoms with van der Waals surface area (Å²) in [5, 5.41) is 0. The number of nitrogens with zero attached hydrogens (tertiary/aromatic N) is 2. The van der Waals surface area contributed by atoms with E-state index in [0.29, 0.717) is 18.1 Å². The predicted molar refractivity (Wildman–Crippen MR) is 97.1 cm³/mol. The Hall–Kier alpha value is -2.95. The summed E-state index contributed by atoms with van der Waals surface area (Å²) >= 11 is 0. The summed E-state index contributed by atoms with van der Waals surface area (Å²) < 4.78 is 7.26. The van der Waals surface area contributed by atoms with Gasteiger partial charge in [-0.05, 0) is 29.8 Å². The fourth-order valence-corrected chi connectivity index (χ4v) is 2.53. The van der Waals surface area contributed by atoms with Gasteiger partial charge in [-0.1, -0.05) is 44.2 Å². The van der Waals surface area contributed by atoms with Crippen molar-refractivity contribution in [1.82, 2.24) is 9.66 Å². The second-order valence-electron chi connectivity index (χ2n) is 6.03. The number of aromatic nitrogens is 2. The molecule has 2 aromatic carbocycles. The van der Waals surface area contributed by atoms with Crippen LogP contribution in [-0.4, -0.2) is 9.66 Å². The second kappa shape index (κ2) is 6.66. The molecule has 5 heteroatoms. The molecule has 0 aliphatic carbocycles. The maximum absolute atomic E-state index is 6.09. The van der Waals surface area contributed by atoms with Crippen molar-refractivity contribution in [2.75, 3.05) is 11.6 Å². The number of nitrogen functional groups attached to an aromatic ring is 2. The van der Waals surface area contributed by atoms with Crippen molar-refractivity contribution in [3.05, 3.63) is 66.0 Å². The number of benzene rings is 2. The van der Waals surface area contributed by atoms with Gasteiger partial charge in [0, 0.05) is 11.5 Å². The van der Waals surface area contributed by atoms with Gasteiger partial charge in [-0.15, -0.1) is 0 Å². The van der Waals surface area contributed by atoms with Crippen LogP contribution in [0.3, 0.4) is 0 Å². The average molecular weight is 322 g/mol. The van der Waals surface area contributed by atoms with Crippen LogP contribution < -0.4 is 16.3 Å². The molecule has 0 unspecified atom stereocenters. The van der Waals surface area contributed by atoms with Crippen molar-refractivity contribution in [3.8, 4) is 17.0 Å². The Kier molecular flexibility index (Phi) is 4.42. The summed E-state index contributed by atoms with van der Waals surface area (Å²) in [7, 11) is 0. The zero-order chi connectivity index (χ0) is 17.1. The molecule has 24 heavy (non-hydrogen) atoms. The molecule has 0 atom stereocenters. The standard InChI is InChI=1S/C19H22N4O/c1-13(2)19-22-17(18(20)23(19)21)15-8-10-16(11-9-15)24-12-14-6-4-3-5-7-14/h3-11,13H,12,20-21H2,1-2H3. The Bertz CT molecular complexity index is 807. The summed E-state index contributed by atoms with van der Waals surface area (Å²) in [6.45, 7) is 4.61. The summed E-state index contributed by atoms with van der Waals surface area (Å²) in [5.74, 6) is 8.24. The normalized spacial score (nSPS) is 11.0. The Labute approximate surface area is 141 Å². The van der Waals surface area contributed by atoms with E-state index in [1.165, 1.54) is 4.68 Å². The van der Waals surface area contributed by atoms with Crippen LogP contribution in [-0.2, 0) is 6.61 Å². The van der Waals surface area contributed by atoms with Crippen LogP contribution in [0.1, 0.15) is 31.2 Å². The minimum absolute atomic E-state index is 0.208. The van der Waals surface area contributed by atoms with Crippen molar-refractivity contribution < 1.29 is 4.74 Å². The van der Waals surface area contributed by atoms with E-state index in [1.54, 1.807) is 0 Å². The first-order chi connectivity index (χ1) is 11.6. The molecule has 5 nitrogen and oxygen atoms in total. The maximum atomic E-state index is 6.09. The Morgan fingerprint density at radius 1 is 1.04 bits per heavy atom. The fourth-order valence-electron chi connectivity index (χ4n) is 2.53. The molecule has 0 fully saturated rings. The van der Waals surface area contributed by atoms with E-state index < -0.39 is 0 Å². The van der Waals surface area contributed by atoms with Crippen LogP contribution >= 0.6 is 0 Å². The highest BCUT2D eigenvalue weighted by Crippen LogP contribution is 2.29. The molecule has 0 aliphatic rings. The number of hydrogen-bond acceptors (Lipinski definition) is 4. The Balaban J connectivity index is 1.76. The van der Waals surface area contributed by atoms with Gasteiger partial charge in [0.15, 0.2) is 5.82 Å². The van der Waals surface area contributed by atoms with Gasteiger partial charge >= 0.3 is 0 Å². The molecule has 0 saturated heterocycles. The minimum atomic E-state index is 0.208. The quantitative estimate of drug-likeness (QED) is 0.704. The molecular weight excluding hydrogens is 300 g/mol. The molecular formula is C19H22N4O. The molecule has 0 saturated carbocycles. The summed E-state index contributed by atoms with van der Waals surface area (Å²) in [6, 6.07) is 17.8. The topological polar surface area (TPSA) is 79.1 Å². The van der Waals surface area contributed by atoms with Crippen molar-refractivity contribution in [2.45, 2.75) is 26.4 Å². The van der Waals surface area contributed by atoms with Gasteiger partial charge in [0.1, 0.15) is 23.9 Å². The van der Waals surface area contributed by atoms with E-state index in [-0.39, 0.29) is 5.92 Å². The summed E-state index contributed by atoms with van der Waals surface area (Å²) in [6.07, 6.45) is 0. The molecule has 3 aromatic rings. The van der Waals surface area contributed by atoms with Crippen LogP contribution in [0.5, 0.6) is 5.75 Å². The van der Waals surface area contributed by atoms with Crippen LogP contribution in [0.4, 0.5) is 5.82 Å². The van der Waals surface area contributed by atoms with E-state index in [1.807, 2.05) is 68.4 Å². The number of imidazole rings is 1. The van der Waals surface area contributed by atoms with Gasteiger partial charge in [-0.2, -0.15) is 0 Å². The highest BCUT2D eigenvalue weighted by molar-refractivity contribution is 5.71. The van der Waals surface area contributed by atoms with E-state index in [4.69, 9.17) is 16.3 Å². The first-order valence-corrected chi connectivity index (χ1v) is 7.96. The predicted octanol–water partition coefficient (Wildman–Crippen LogP) is 3.55. The molecule has 4 N–H and O–H groups in total. The lowest BCUT2D eigenvalue weighted by Gasteiger charge is -2.07. The van der Waals surface area contributed by atoms with Crippen molar-refractivity contribution in [3.63, 3.8) is 0 Å². The number of hydrogen-bond donors (Lipinski definition) is 2. The molecule has 1 heterocycles. The fraction of sp³-hybridized carbons (Fsp3) is 0.211. The number of rotatable bonds is 5. The number of nitrogens with two attached hydrogens (primary N) is 2. The molecule has 0 amide bonds. The number of ether oxygens (including phenoxy) is 1. The molecule has 0 radical (unpaired) electrons. The highest BCUT2D eigenvalue weighted by atomic mass is 16.5. The van der Waals surface area contributed by atoms with Gasteiger partial charge in [0.25, 0.3) is 0 Å². The highest BCUT2D eigenvalue weighted by Gasteiger charge is 2.16. The average Bonchev–Trinajstić information content (AvgIpc) is 2.90. The maximum Gasteiger partial charge on any atom is 0.150 e.